The molecule has 0 saturated carbocycles. The molecule has 1 aromatic heterocycles. The van der Waals surface area contributed by atoms with Gasteiger partial charge in [0.1, 0.15) is 0 Å². The number of hydrogen-bond acceptors (Lipinski definition) is 3. The molecule has 0 aromatic carbocycles. The highest BCUT2D eigenvalue weighted by Crippen LogP contribution is 2.27. The van der Waals surface area contributed by atoms with Crippen molar-refractivity contribution >= 4 is 15.9 Å². The van der Waals surface area contributed by atoms with Crippen molar-refractivity contribution in [3.63, 3.8) is 0 Å². The molecule has 0 fully saturated rings. The second-order valence-electron chi connectivity index (χ2n) is 2.87. The van der Waals surface area contributed by atoms with Gasteiger partial charge in [-0.3, -0.25) is 4.68 Å². The topological polar surface area (TPSA) is 47.3 Å². The molecule has 1 N–H and O–H groups in total. The zero-order chi connectivity index (χ0) is 11.4. The third-order valence-electron chi connectivity index (χ3n) is 1.86. The van der Waals surface area contributed by atoms with Crippen LogP contribution in [0.25, 0.3) is 0 Å². The fourth-order valence-corrected chi connectivity index (χ4v) is 1.67. The van der Waals surface area contributed by atoms with Gasteiger partial charge in [0, 0.05) is 7.11 Å². The number of ether oxygens (including phenoxy) is 1. The predicted octanol–water partition coefficient (Wildman–Crippen LogP) is 1.59. The number of aliphatic hydroxyl groups excluding tert-OH is 1. The van der Waals surface area contributed by atoms with Crippen molar-refractivity contribution in [2.45, 2.75) is 19.1 Å². The number of methoxy groups -OCH3 is 1. The first-order valence-electron chi connectivity index (χ1n) is 4.24. The smallest absolute Gasteiger partial charge is 0.269 e. The van der Waals surface area contributed by atoms with Gasteiger partial charge >= 0.3 is 0 Å². The van der Waals surface area contributed by atoms with Crippen LogP contribution in [0.15, 0.2) is 10.7 Å². The summed E-state index contributed by atoms with van der Waals surface area (Å²) in [7, 11) is 1.50. The number of aliphatic hydroxyl groups is 1. The number of hydrogen-bond donors (Lipinski definition) is 1. The van der Waals surface area contributed by atoms with Crippen molar-refractivity contribution in [1.82, 2.24) is 9.78 Å². The van der Waals surface area contributed by atoms with Crippen LogP contribution in [-0.4, -0.2) is 35.0 Å². The van der Waals surface area contributed by atoms with E-state index in [2.05, 4.69) is 21.0 Å². The van der Waals surface area contributed by atoms with Crippen molar-refractivity contribution in [2.24, 2.45) is 0 Å². The van der Waals surface area contributed by atoms with Gasteiger partial charge in [-0.25, -0.2) is 8.78 Å². The van der Waals surface area contributed by atoms with Crippen LogP contribution >= 0.6 is 15.9 Å². The van der Waals surface area contributed by atoms with Gasteiger partial charge in [-0.05, 0) is 15.9 Å². The van der Waals surface area contributed by atoms with E-state index in [-0.39, 0.29) is 5.69 Å². The number of nitrogens with zero attached hydrogens (tertiary/aromatic N) is 2. The van der Waals surface area contributed by atoms with Gasteiger partial charge in [-0.15, -0.1) is 0 Å². The molecule has 0 aliphatic heterocycles. The highest BCUT2D eigenvalue weighted by molar-refractivity contribution is 9.10. The van der Waals surface area contributed by atoms with Crippen LogP contribution in [0.4, 0.5) is 8.78 Å². The van der Waals surface area contributed by atoms with Gasteiger partial charge in [0.15, 0.2) is 6.10 Å². The molecule has 1 heterocycles. The zero-order valence-corrected chi connectivity index (χ0v) is 9.62. The summed E-state index contributed by atoms with van der Waals surface area (Å²) < 4.78 is 31.1. The summed E-state index contributed by atoms with van der Waals surface area (Å²) in [5.41, 5.74) is 0.0713. The molecule has 0 aliphatic carbocycles. The van der Waals surface area contributed by atoms with E-state index in [4.69, 9.17) is 4.74 Å². The maximum absolute atomic E-state index is 12.3. The van der Waals surface area contributed by atoms with Crippen molar-refractivity contribution in [3.05, 3.63) is 16.4 Å². The molecule has 15 heavy (non-hydrogen) atoms. The molecular formula is C8H11BrF2N2O2. The van der Waals surface area contributed by atoms with Gasteiger partial charge in [-0.2, -0.15) is 5.10 Å². The van der Waals surface area contributed by atoms with Crippen LogP contribution in [0.2, 0.25) is 0 Å². The summed E-state index contributed by atoms with van der Waals surface area (Å²) in [6.07, 6.45) is -3.30. The Morgan fingerprint density at radius 3 is 2.87 bits per heavy atom. The van der Waals surface area contributed by atoms with Crippen LogP contribution in [0.1, 0.15) is 11.8 Å². The monoisotopic (exact) mass is 284 g/mol. The van der Waals surface area contributed by atoms with E-state index < -0.39 is 12.5 Å². The third-order valence-corrected chi connectivity index (χ3v) is 2.47. The molecular weight excluding hydrogens is 274 g/mol. The number of halogens is 3. The van der Waals surface area contributed by atoms with E-state index in [0.29, 0.717) is 17.6 Å². The summed E-state index contributed by atoms with van der Waals surface area (Å²) in [5, 5.41) is 13.1. The maximum atomic E-state index is 12.3. The van der Waals surface area contributed by atoms with Crippen LogP contribution in [0.5, 0.6) is 0 Å². The first-order valence-corrected chi connectivity index (χ1v) is 5.03. The SMILES string of the molecule is COCCn1ncc(Br)c1C(O)C(F)F. The minimum Gasteiger partial charge on any atom is -0.383 e. The predicted molar refractivity (Wildman–Crippen MR) is 52.8 cm³/mol. The molecule has 1 unspecified atom stereocenters. The lowest BCUT2D eigenvalue weighted by Crippen LogP contribution is -2.17. The molecule has 0 aliphatic rings. The summed E-state index contributed by atoms with van der Waals surface area (Å²) in [6, 6.07) is 0. The standard InChI is InChI=1S/C8H11BrF2N2O2/c1-15-3-2-13-6(5(9)4-12-13)7(14)8(10)11/h4,7-8,14H,2-3H2,1H3. The van der Waals surface area contributed by atoms with Gasteiger partial charge in [0.05, 0.1) is 29.5 Å². The van der Waals surface area contributed by atoms with E-state index in [0.717, 1.165) is 0 Å². The highest BCUT2D eigenvalue weighted by atomic mass is 79.9. The quantitative estimate of drug-likeness (QED) is 0.893. The fraction of sp³-hybridized carbons (Fsp3) is 0.625. The Labute approximate surface area is 94.0 Å². The maximum Gasteiger partial charge on any atom is 0.269 e. The van der Waals surface area contributed by atoms with E-state index in [1.165, 1.54) is 18.0 Å². The van der Waals surface area contributed by atoms with E-state index in [1.807, 2.05) is 0 Å². The summed E-state index contributed by atoms with van der Waals surface area (Å²) in [6.45, 7) is 0.665. The molecule has 4 nitrogen and oxygen atoms in total. The van der Waals surface area contributed by atoms with Gasteiger partial charge in [-0.1, -0.05) is 0 Å². The van der Waals surface area contributed by atoms with Crippen molar-refractivity contribution in [3.8, 4) is 0 Å². The molecule has 0 saturated heterocycles. The average molecular weight is 285 g/mol. The summed E-state index contributed by atoms with van der Waals surface area (Å²) in [4.78, 5) is 0. The highest BCUT2D eigenvalue weighted by Gasteiger charge is 2.25. The molecule has 7 heteroatoms. The van der Waals surface area contributed by atoms with Crippen LogP contribution in [0, 0.1) is 0 Å². The van der Waals surface area contributed by atoms with Gasteiger partial charge in [0.25, 0.3) is 6.43 Å². The van der Waals surface area contributed by atoms with E-state index in [1.54, 1.807) is 0 Å². The van der Waals surface area contributed by atoms with Crippen LogP contribution in [-0.2, 0) is 11.3 Å². The Balaban J connectivity index is 2.88. The first kappa shape index (κ1) is 12.5. The molecule has 1 atom stereocenters. The molecule has 86 valence electrons. The molecule has 0 spiro atoms. The number of aromatic nitrogens is 2. The first-order chi connectivity index (χ1) is 7.07. The van der Waals surface area contributed by atoms with Crippen molar-refractivity contribution in [2.75, 3.05) is 13.7 Å². The van der Waals surface area contributed by atoms with Gasteiger partial charge < -0.3 is 9.84 Å². The minimum atomic E-state index is -2.83. The summed E-state index contributed by atoms with van der Waals surface area (Å²) >= 11 is 3.06. The Bertz CT molecular complexity index is 320. The second kappa shape index (κ2) is 5.53. The largest absolute Gasteiger partial charge is 0.383 e. The fourth-order valence-electron chi connectivity index (χ4n) is 1.14. The Kier molecular flexibility index (Phi) is 4.62. The van der Waals surface area contributed by atoms with E-state index in [9.17, 15) is 13.9 Å². The molecule has 0 radical (unpaired) electrons. The Morgan fingerprint density at radius 1 is 1.67 bits per heavy atom. The average Bonchev–Trinajstić information content (AvgIpc) is 2.55. The summed E-state index contributed by atoms with van der Waals surface area (Å²) in [5.74, 6) is 0. The van der Waals surface area contributed by atoms with Crippen LogP contribution in [0.3, 0.4) is 0 Å². The minimum absolute atomic E-state index is 0.0713. The van der Waals surface area contributed by atoms with Crippen molar-refractivity contribution in [1.29, 1.82) is 0 Å². The van der Waals surface area contributed by atoms with Crippen molar-refractivity contribution < 1.29 is 18.6 Å². The zero-order valence-electron chi connectivity index (χ0n) is 8.03. The lowest BCUT2D eigenvalue weighted by atomic mass is 10.2. The lowest BCUT2D eigenvalue weighted by Gasteiger charge is -2.12. The van der Waals surface area contributed by atoms with E-state index >= 15 is 0 Å². The molecule has 0 amide bonds. The normalized spacial score (nSPS) is 13.5. The number of rotatable bonds is 5. The number of alkyl halides is 2. The Morgan fingerprint density at radius 2 is 2.33 bits per heavy atom. The third kappa shape index (κ3) is 2.96. The van der Waals surface area contributed by atoms with Crippen LogP contribution < -0.4 is 0 Å². The molecule has 0 bridgehead atoms. The lowest BCUT2D eigenvalue weighted by molar-refractivity contribution is -0.0118. The Hall–Kier alpha value is -0.530. The second-order valence-corrected chi connectivity index (χ2v) is 3.73. The molecule has 1 rings (SSSR count). The van der Waals surface area contributed by atoms with Gasteiger partial charge in [0.2, 0.25) is 0 Å². The molecule has 1 aromatic rings.